The van der Waals surface area contributed by atoms with Crippen LogP contribution in [0, 0.1) is 0 Å². The second-order valence-electron chi connectivity index (χ2n) is 3.18. The van der Waals surface area contributed by atoms with E-state index in [4.69, 9.17) is 5.73 Å². The molecular weight excluding hydrogens is 176 g/mol. The zero-order valence-corrected chi connectivity index (χ0v) is 7.77. The van der Waals surface area contributed by atoms with Crippen molar-refractivity contribution in [3.63, 3.8) is 0 Å². The number of aromatic nitrogens is 1. The van der Waals surface area contributed by atoms with Crippen LogP contribution in [0.2, 0.25) is 0 Å². The van der Waals surface area contributed by atoms with Gasteiger partial charge in [0, 0.05) is 11.6 Å². The van der Waals surface area contributed by atoms with Crippen LogP contribution in [0.25, 0.3) is 10.9 Å². The molecule has 3 N–H and O–H groups in total. The van der Waals surface area contributed by atoms with E-state index in [0.717, 1.165) is 17.4 Å². The summed E-state index contributed by atoms with van der Waals surface area (Å²) in [6.07, 6.45) is 2.48. The molecular formula is C11H12N2O. The predicted octanol–water partition coefficient (Wildman–Crippen LogP) is 1.44. The molecule has 2 aromatic rings. The fourth-order valence-corrected chi connectivity index (χ4v) is 1.59. The molecule has 1 aromatic carbocycles. The Hall–Kier alpha value is -1.61. The first-order valence-electron chi connectivity index (χ1n) is 4.58. The summed E-state index contributed by atoms with van der Waals surface area (Å²) in [7, 11) is 0. The van der Waals surface area contributed by atoms with E-state index in [2.05, 4.69) is 4.98 Å². The van der Waals surface area contributed by atoms with Gasteiger partial charge in [0.25, 0.3) is 0 Å². The van der Waals surface area contributed by atoms with Crippen molar-refractivity contribution in [1.29, 1.82) is 0 Å². The van der Waals surface area contributed by atoms with Gasteiger partial charge in [-0.15, -0.1) is 0 Å². The van der Waals surface area contributed by atoms with Crippen LogP contribution in [-0.2, 0) is 6.42 Å². The first-order chi connectivity index (χ1) is 6.83. The molecule has 0 saturated carbocycles. The van der Waals surface area contributed by atoms with Gasteiger partial charge in [0.1, 0.15) is 11.3 Å². The lowest BCUT2D eigenvalue weighted by Gasteiger charge is -2.05. The van der Waals surface area contributed by atoms with E-state index in [1.807, 2.05) is 18.2 Å². The summed E-state index contributed by atoms with van der Waals surface area (Å²) in [5.74, 6) is 0.223. The van der Waals surface area contributed by atoms with Gasteiger partial charge in [0.2, 0.25) is 0 Å². The highest BCUT2D eigenvalue weighted by Gasteiger charge is 2.04. The topological polar surface area (TPSA) is 59.1 Å². The largest absolute Gasteiger partial charge is 0.506 e. The second kappa shape index (κ2) is 3.64. The van der Waals surface area contributed by atoms with Gasteiger partial charge in [-0.2, -0.15) is 0 Å². The first kappa shape index (κ1) is 8.97. The van der Waals surface area contributed by atoms with Crippen LogP contribution in [0.15, 0.2) is 30.5 Å². The molecule has 0 atom stereocenters. The number of nitrogens with zero attached hydrogens (tertiary/aromatic N) is 1. The number of rotatable bonds is 2. The van der Waals surface area contributed by atoms with Crippen LogP contribution < -0.4 is 5.73 Å². The second-order valence-corrected chi connectivity index (χ2v) is 3.18. The van der Waals surface area contributed by atoms with Gasteiger partial charge in [0.15, 0.2) is 0 Å². The van der Waals surface area contributed by atoms with Crippen LogP contribution in [0.1, 0.15) is 5.56 Å². The molecule has 2 rings (SSSR count). The minimum Gasteiger partial charge on any atom is -0.506 e. The molecule has 0 radical (unpaired) electrons. The van der Waals surface area contributed by atoms with Crippen LogP contribution in [0.4, 0.5) is 0 Å². The lowest BCUT2D eigenvalue weighted by atomic mass is 10.1. The Labute approximate surface area is 82.2 Å². The lowest BCUT2D eigenvalue weighted by molar-refractivity contribution is 0.480. The molecule has 72 valence electrons. The average molecular weight is 188 g/mol. The van der Waals surface area contributed by atoms with Gasteiger partial charge in [0.05, 0.1) is 0 Å². The molecule has 0 spiro atoms. The first-order valence-corrected chi connectivity index (χ1v) is 4.58. The summed E-state index contributed by atoms with van der Waals surface area (Å²) in [5, 5.41) is 10.6. The van der Waals surface area contributed by atoms with E-state index in [1.165, 1.54) is 0 Å². The van der Waals surface area contributed by atoms with Gasteiger partial charge in [-0.3, -0.25) is 4.98 Å². The van der Waals surface area contributed by atoms with Crippen LogP contribution in [0.5, 0.6) is 5.75 Å². The molecule has 14 heavy (non-hydrogen) atoms. The van der Waals surface area contributed by atoms with E-state index in [0.29, 0.717) is 12.1 Å². The number of pyridine rings is 1. The van der Waals surface area contributed by atoms with E-state index < -0.39 is 0 Å². The Balaban J connectivity index is 2.68. The fraction of sp³-hybridized carbons (Fsp3) is 0.182. The molecule has 3 heteroatoms. The minimum absolute atomic E-state index is 0.223. The van der Waals surface area contributed by atoms with Gasteiger partial charge in [-0.25, -0.2) is 0 Å². The molecule has 0 aliphatic carbocycles. The van der Waals surface area contributed by atoms with Crippen molar-refractivity contribution < 1.29 is 5.11 Å². The summed E-state index contributed by atoms with van der Waals surface area (Å²) in [5.41, 5.74) is 7.29. The highest BCUT2D eigenvalue weighted by Crippen LogP contribution is 2.25. The van der Waals surface area contributed by atoms with Crippen molar-refractivity contribution in [2.24, 2.45) is 5.73 Å². The standard InChI is InChI=1S/C11H12N2O/c12-6-5-8-3-4-10(14)11-9(8)2-1-7-13-11/h1-4,7,14H,5-6,12H2. The van der Waals surface area contributed by atoms with Crippen molar-refractivity contribution in [2.75, 3.05) is 6.54 Å². The third kappa shape index (κ3) is 1.42. The Bertz CT molecular complexity index is 454. The van der Waals surface area contributed by atoms with E-state index in [1.54, 1.807) is 12.3 Å². The normalized spacial score (nSPS) is 10.6. The molecule has 0 aliphatic heterocycles. The number of fused-ring (bicyclic) bond motifs is 1. The van der Waals surface area contributed by atoms with Crippen LogP contribution >= 0.6 is 0 Å². The molecule has 0 unspecified atom stereocenters. The summed E-state index contributed by atoms with van der Waals surface area (Å²) < 4.78 is 0. The van der Waals surface area contributed by atoms with Crippen LogP contribution in [-0.4, -0.2) is 16.6 Å². The van der Waals surface area contributed by atoms with Gasteiger partial charge >= 0.3 is 0 Å². The third-order valence-corrected chi connectivity index (χ3v) is 2.25. The number of phenolic OH excluding ortho intramolecular Hbond substituents is 1. The number of hydrogen-bond acceptors (Lipinski definition) is 3. The van der Waals surface area contributed by atoms with Gasteiger partial charge < -0.3 is 10.8 Å². The molecule has 0 saturated heterocycles. The third-order valence-electron chi connectivity index (χ3n) is 2.25. The van der Waals surface area contributed by atoms with E-state index >= 15 is 0 Å². The minimum atomic E-state index is 0.223. The number of hydrogen-bond donors (Lipinski definition) is 2. The van der Waals surface area contributed by atoms with Gasteiger partial charge in [-0.05, 0) is 30.7 Å². The maximum atomic E-state index is 9.57. The predicted molar refractivity (Wildman–Crippen MR) is 56.2 cm³/mol. The molecule has 0 amide bonds. The lowest BCUT2D eigenvalue weighted by Crippen LogP contribution is -2.03. The molecule has 1 heterocycles. The Morgan fingerprint density at radius 2 is 2.14 bits per heavy atom. The average Bonchev–Trinajstić information content (AvgIpc) is 2.23. The van der Waals surface area contributed by atoms with E-state index in [-0.39, 0.29) is 5.75 Å². The van der Waals surface area contributed by atoms with Crippen LogP contribution in [0.3, 0.4) is 0 Å². The number of phenols is 1. The number of benzene rings is 1. The number of aromatic hydroxyl groups is 1. The Kier molecular flexibility index (Phi) is 2.33. The SMILES string of the molecule is NCCc1ccc(O)c2ncccc12. The zero-order valence-electron chi connectivity index (χ0n) is 7.77. The monoisotopic (exact) mass is 188 g/mol. The van der Waals surface area contributed by atoms with E-state index in [9.17, 15) is 5.11 Å². The number of nitrogens with two attached hydrogens (primary N) is 1. The highest BCUT2D eigenvalue weighted by molar-refractivity contribution is 5.87. The van der Waals surface area contributed by atoms with Crippen molar-refractivity contribution in [3.8, 4) is 5.75 Å². The molecule has 0 aliphatic rings. The Morgan fingerprint density at radius 1 is 1.29 bits per heavy atom. The van der Waals surface area contributed by atoms with Gasteiger partial charge in [-0.1, -0.05) is 12.1 Å². The Morgan fingerprint density at radius 3 is 2.93 bits per heavy atom. The highest BCUT2D eigenvalue weighted by atomic mass is 16.3. The van der Waals surface area contributed by atoms with Crippen molar-refractivity contribution in [2.45, 2.75) is 6.42 Å². The van der Waals surface area contributed by atoms with Crippen molar-refractivity contribution in [1.82, 2.24) is 4.98 Å². The smallest absolute Gasteiger partial charge is 0.141 e. The molecule has 0 fully saturated rings. The van der Waals surface area contributed by atoms with Crippen molar-refractivity contribution in [3.05, 3.63) is 36.0 Å². The molecule has 3 nitrogen and oxygen atoms in total. The summed E-state index contributed by atoms with van der Waals surface area (Å²) in [6, 6.07) is 7.38. The quantitative estimate of drug-likeness (QED) is 0.749. The molecule has 0 bridgehead atoms. The summed E-state index contributed by atoms with van der Waals surface area (Å²) >= 11 is 0. The maximum Gasteiger partial charge on any atom is 0.141 e. The maximum absolute atomic E-state index is 9.57. The summed E-state index contributed by atoms with van der Waals surface area (Å²) in [6.45, 7) is 0.606. The zero-order chi connectivity index (χ0) is 9.97. The summed E-state index contributed by atoms with van der Waals surface area (Å²) in [4.78, 5) is 4.13. The van der Waals surface area contributed by atoms with Crippen molar-refractivity contribution >= 4 is 10.9 Å². The molecule has 1 aromatic heterocycles. The fourth-order valence-electron chi connectivity index (χ4n) is 1.59.